The Labute approximate surface area is 140 Å². The molecular formula is C19H19FN4. The van der Waals surface area contributed by atoms with Gasteiger partial charge < -0.3 is 0 Å². The van der Waals surface area contributed by atoms with Crippen LogP contribution in [0.3, 0.4) is 0 Å². The van der Waals surface area contributed by atoms with Crippen molar-refractivity contribution >= 4 is 0 Å². The summed E-state index contributed by atoms with van der Waals surface area (Å²) in [7, 11) is 0. The zero-order valence-corrected chi connectivity index (χ0v) is 13.6. The van der Waals surface area contributed by atoms with Gasteiger partial charge in [-0.15, -0.1) is 0 Å². The minimum atomic E-state index is -0.189. The third-order valence-corrected chi connectivity index (χ3v) is 4.45. The third-order valence-electron chi connectivity index (χ3n) is 4.45. The summed E-state index contributed by atoms with van der Waals surface area (Å²) in [6.07, 6.45) is 1.81. The van der Waals surface area contributed by atoms with Crippen LogP contribution in [0.25, 0.3) is 11.4 Å². The van der Waals surface area contributed by atoms with E-state index in [0.29, 0.717) is 0 Å². The molecule has 4 rings (SSSR count). The molecule has 2 aromatic heterocycles. The lowest BCUT2D eigenvalue weighted by Crippen LogP contribution is -2.33. The number of nitrogens with zero attached hydrogens (tertiary/aromatic N) is 4. The Morgan fingerprint density at radius 2 is 1.96 bits per heavy atom. The van der Waals surface area contributed by atoms with E-state index >= 15 is 0 Å². The smallest absolute Gasteiger partial charge is 0.123 e. The topological polar surface area (TPSA) is 34.0 Å². The molecule has 5 heteroatoms. The van der Waals surface area contributed by atoms with Gasteiger partial charge in [0.1, 0.15) is 11.5 Å². The molecule has 0 atom stereocenters. The van der Waals surface area contributed by atoms with Crippen molar-refractivity contribution in [2.24, 2.45) is 0 Å². The zero-order valence-electron chi connectivity index (χ0n) is 13.6. The predicted octanol–water partition coefficient (Wildman–Crippen LogP) is 3.41. The van der Waals surface area contributed by atoms with Crippen molar-refractivity contribution in [1.29, 1.82) is 0 Å². The molecule has 4 nitrogen and oxygen atoms in total. The van der Waals surface area contributed by atoms with E-state index in [-0.39, 0.29) is 5.82 Å². The predicted molar refractivity (Wildman–Crippen MR) is 90.7 cm³/mol. The van der Waals surface area contributed by atoms with Gasteiger partial charge >= 0.3 is 0 Å². The van der Waals surface area contributed by atoms with Crippen LogP contribution in [0, 0.1) is 12.7 Å². The number of hydrogen-bond acceptors (Lipinski definition) is 3. The zero-order chi connectivity index (χ0) is 16.5. The van der Waals surface area contributed by atoms with Gasteiger partial charge in [-0.25, -0.2) is 4.39 Å². The Balaban J connectivity index is 1.53. The van der Waals surface area contributed by atoms with Crippen LogP contribution in [0.15, 0.2) is 48.7 Å². The molecule has 0 fully saturated rings. The van der Waals surface area contributed by atoms with Gasteiger partial charge in [0.05, 0.1) is 17.9 Å². The number of benzene rings is 1. The fourth-order valence-electron chi connectivity index (χ4n) is 3.17. The molecule has 1 aliphatic rings. The quantitative estimate of drug-likeness (QED) is 0.741. The summed E-state index contributed by atoms with van der Waals surface area (Å²) in [5, 5.41) is 4.71. The normalized spacial score (nSPS) is 14.6. The van der Waals surface area contributed by atoms with Crippen molar-refractivity contribution in [1.82, 2.24) is 19.7 Å². The third kappa shape index (κ3) is 2.95. The van der Waals surface area contributed by atoms with E-state index in [1.165, 1.54) is 17.8 Å². The first kappa shape index (κ1) is 15.0. The number of halogens is 1. The fraction of sp³-hybridized carbons (Fsp3) is 0.263. The highest BCUT2D eigenvalue weighted by molar-refractivity contribution is 5.58. The molecule has 3 aromatic rings. The van der Waals surface area contributed by atoms with Crippen molar-refractivity contribution in [3.8, 4) is 11.4 Å². The molecular weight excluding hydrogens is 303 g/mol. The van der Waals surface area contributed by atoms with Crippen LogP contribution >= 0.6 is 0 Å². The van der Waals surface area contributed by atoms with Gasteiger partial charge in [0.15, 0.2) is 0 Å². The summed E-state index contributed by atoms with van der Waals surface area (Å²) >= 11 is 0. The monoisotopic (exact) mass is 322 g/mol. The Morgan fingerprint density at radius 1 is 1.12 bits per heavy atom. The second kappa shape index (κ2) is 6.17. The Kier molecular flexibility index (Phi) is 3.86. The standard InChI is InChI=1S/C19H19FN4/c1-14-3-2-8-21-19(14)18-11-17-13-23(9-10-24(17)22-18)12-15-4-6-16(20)7-5-15/h2-8,11H,9-10,12-13H2,1H3. The van der Waals surface area contributed by atoms with Crippen LogP contribution in [0.2, 0.25) is 0 Å². The minimum Gasteiger partial charge on any atom is -0.291 e. The highest BCUT2D eigenvalue weighted by Gasteiger charge is 2.20. The molecule has 0 unspecified atom stereocenters. The first-order chi connectivity index (χ1) is 11.7. The molecule has 0 spiro atoms. The van der Waals surface area contributed by atoms with Crippen molar-refractivity contribution in [3.05, 3.63) is 71.3 Å². The number of hydrogen-bond donors (Lipinski definition) is 0. The lowest BCUT2D eigenvalue weighted by atomic mass is 10.1. The van der Waals surface area contributed by atoms with E-state index in [2.05, 4.69) is 33.6 Å². The first-order valence-corrected chi connectivity index (χ1v) is 8.14. The Bertz CT molecular complexity index is 854. The highest BCUT2D eigenvalue weighted by Crippen LogP contribution is 2.23. The van der Waals surface area contributed by atoms with Gasteiger partial charge in [-0.1, -0.05) is 18.2 Å². The molecule has 1 aromatic carbocycles. The molecule has 122 valence electrons. The molecule has 0 amide bonds. The van der Waals surface area contributed by atoms with Gasteiger partial charge in [0, 0.05) is 25.8 Å². The molecule has 0 saturated heterocycles. The number of rotatable bonds is 3. The minimum absolute atomic E-state index is 0.189. The van der Waals surface area contributed by atoms with Gasteiger partial charge in [-0.05, 0) is 42.3 Å². The molecule has 1 aliphatic heterocycles. The van der Waals surface area contributed by atoms with Crippen molar-refractivity contribution < 1.29 is 4.39 Å². The van der Waals surface area contributed by atoms with E-state index in [1.54, 1.807) is 0 Å². The van der Waals surface area contributed by atoms with Gasteiger partial charge in [-0.3, -0.25) is 14.6 Å². The maximum atomic E-state index is 13.0. The first-order valence-electron chi connectivity index (χ1n) is 8.14. The van der Waals surface area contributed by atoms with E-state index < -0.39 is 0 Å². The van der Waals surface area contributed by atoms with Crippen LogP contribution in [-0.2, 0) is 19.6 Å². The van der Waals surface area contributed by atoms with Crippen LogP contribution in [0.1, 0.15) is 16.8 Å². The number of aromatic nitrogens is 3. The molecule has 0 saturated carbocycles. The van der Waals surface area contributed by atoms with Crippen molar-refractivity contribution in [3.63, 3.8) is 0 Å². The van der Waals surface area contributed by atoms with E-state index in [1.807, 2.05) is 24.4 Å². The van der Waals surface area contributed by atoms with Crippen molar-refractivity contribution in [2.75, 3.05) is 6.54 Å². The summed E-state index contributed by atoms with van der Waals surface area (Å²) in [6, 6.07) is 12.9. The SMILES string of the molecule is Cc1cccnc1-c1cc2n(n1)CCN(Cc1ccc(F)cc1)C2. The maximum Gasteiger partial charge on any atom is 0.123 e. The lowest BCUT2D eigenvalue weighted by Gasteiger charge is -2.27. The summed E-state index contributed by atoms with van der Waals surface area (Å²) in [4.78, 5) is 6.82. The molecule has 0 bridgehead atoms. The fourth-order valence-corrected chi connectivity index (χ4v) is 3.17. The lowest BCUT2D eigenvalue weighted by molar-refractivity contribution is 0.205. The second-order valence-corrected chi connectivity index (χ2v) is 6.25. The molecule has 0 N–H and O–H groups in total. The van der Waals surface area contributed by atoms with Crippen LogP contribution in [-0.4, -0.2) is 26.2 Å². The molecule has 0 radical (unpaired) electrons. The van der Waals surface area contributed by atoms with Gasteiger partial charge in [0.25, 0.3) is 0 Å². The van der Waals surface area contributed by atoms with Gasteiger partial charge in [-0.2, -0.15) is 5.10 Å². The average Bonchev–Trinajstić information content (AvgIpc) is 3.00. The average molecular weight is 322 g/mol. The van der Waals surface area contributed by atoms with E-state index in [9.17, 15) is 4.39 Å². The Hall–Kier alpha value is -2.53. The van der Waals surface area contributed by atoms with Crippen LogP contribution in [0.5, 0.6) is 0 Å². The van der Waals surface area contributed by atoms with Crippen molar-refractivity contribution in [2.45, 2.75) is 26.6 Å². The second-order valence-electron chi connectivity index (χ2n) is 6.25. The summed E-state index contributed by atoms with van der Waals surface area (Å²) in [5.74, 6) is -0.189. The van der Waals surface area contributed by atoms with E-state index in [0.717, 1.165) is 48.7 Å². The van der Waals surface area contributed by atoms with Crippen LogP contribution < -0.4 is 0 Å². The van der Waals surface area contributed by atoms with Crippen LogP contribution in [0.4, 0.5) is 4.39 Å². The largest absolute Gasteiger partial charge is 0.291 e. The maximum absolute atomic E-state index is 13.0. The highest BCUT2D eigenvalue weighted by atomic mass is 19.1. The summed E-state index contributed by atoms with van der Waals surface area (Å²) < 4.78 is 15.1. The van der Waals surface area contributed by atoms with E-state index in [4.69, 9.17) is 5.10 Å². The summed E-state index contributed by atoms with van der Waals surface area (Å²) in [5.41, 5.74) is 5.35. The van der Waals surface area contributed by atoms with Gasteiger partial charge in [0.2, 0.25) is 0 Å². The number of fused-ring (bicyclic) bond motifs is 1. The molecule has 0 aliphatic carbocycles. The summed E-state index contributed by atoms with van der Waals surface area (Å²) in [6.45, 7) is 5.52. The molecule has 24 heavy (non-hydrogen) atoms. The number of pyridine rings is 1. The number of aryl methyl sites for hydroxylation is 1. The Morgan fingerprint density at radius 3 is 2.75 bits per heavy atom. The molecule has 3 heterocycles.